The van der Waals surface area contributed by atoms with Gasteiger partial charge in [-0.25, -0.2) is 4.79 Å². The Labute approximate surface area is 207 Å². The van der Waals surface area contributed by atoms with Crippen LogP contribution in [0, 0.1) is 0 Å². The number of hydrogen-bond donors (Lipinski definition) is 2. The number of esters is 1. The van der Waals surface area contributed by atoms with Crippen LogP contribution in [0.15, 0.2) is 101 Å². The van der Waals surface area contributed by atoms with E-state index in [2.05, 4.69) is 20.9 Å². The molecule has 4 aromatic rings. The highest BCUT2D eigenvalue weighted by atomic mass is 32.1. The predicted molar refractivity (Wildman–Crippen MR) is 143 cm³/mol. The van der Waals surface area contributed by atoms with Crippen LogP contribution in [-0.2, 0) is 4.74 Å². The largest absolute Gasteiger partial charge is 0.462 e. The molecule has 34 heavy (non-hydrogen) atoms. The summed E-state index contributed by atoms with van der Waals surface area (Å²) in [6.07, 6.45) is 0. The van der Waals surface area contributed by atoms with Crippen molar-refractivity contribution in [3.8, 4) is 10.4 Å². The van der Waals surface area contributed by atoms with Crippen molar-refractivity contribution in [3.05, 3.63) is 96.6 Å². The summed E-state index contributed by atoms with van der Waals surface area (Å²) >= 11 is 6.94. The molecule has 0 saturated heterocycles. The third-order valence-electron chi connectivity index (χ3n) is 4.68. The highest BCUT2D eigenvalue weighted by Crippen LogP contribution is 2.36. The monoisotopic (exact) mass is 486 g/mol. The number of azo groups is 1. The lowest BCUT2D eigenvalue weighted by Crippen LogP contribution is -2.20. The quantitative estimate of drug-likeness (QED) is 0.158. The zero-order valence-electron chi connectivity index (χ0n) is 18.4. The summed E-state index contributed by atoms with van der Waals surface area (Å²) in [7, 11) is 0. The molecule has 0 amide bonds. The third-order valence-corrected chi connectivity index (χ3v) is 5.98. The molecule has 1 heterocycles. The molecule has 0 radical (unpaired) electrons. The summed E-state index contributed by atoms with van der Waals surface area (Å²) in [6.45, 7) is 2.08. The van der Waals surface area contributed by atoms with E-state index < -0.39 is 0 Å². The smallest absolute Gasteiger partial charge is 0.341 e. The number of thiocarbonyl (C=S) groups is 1. The lowest BCUT2D eigenvalue weighted by Gasteiger charge is -2.10. The van der Waals surface area contributed by atoms with E-state index in [1.54, 1.807) is 6.92 Å². The number of anilines is 2. The van der Waals surface area contributed by atoms with Gasteiger partial charge in [0, 0.05) is 10.6 Å². The van der Waals surface area contributed by atoms with Gasteiger partial charge >= 0.3 is 5.97 Å². The van der Waals surface area contributed by atoms with Gasteiger partial charge in [-0.1, -0.05) is 48.5 Å². The maximum Gasteiger partial charge on any atom is 0.341 e. The van der Waals surface area contributed by atoms with Crippen LogP contribution in [0.2, 0.25) is 0 Å². The molecule has 0 saturated carbocycles. The molecule has 0 aliphatic heterocycles. The van der Waals surface area contributed by atoms with Crippen molar-refractivity contribution in [3.63, 3.8) is 0 Å². The van der Waals surface area contributed by atoms with Gasteiger partial charge in [0.15, 0.2) is 5.11 Å². The minimum Gasteiger partial charge on any atom is -0.462 e. The molecule has 8 heteroatoms. The molecule has 0 atom stereocenters. The molecule has 0 spiro atoms. The summed E-state index contributed by atoms with van der Waals surface area (Å²) in [4.78, 5) is 13.5. The second kappa shape index (κ2) is 11.3. The number of ether oxygens (including phenoxy) is 1. The molecule has 0 unspecified atom stereocenters. The topological polar surface area (TPSA) is 75.1 Å². The molecule has 0 aliphatic carbocycles. The Balaban J connectivity index is 1.45. The number of carbonyl (C=O) groups excluding carboxylic acids is 1. The summed E-state index contributed by atoms with van der Waals surface area (Å²) in [5, 5.41) is 15.7. The molecule has 2 N–H and O–H groups in total. The number of rotatable bonds is 7. The van der Waals surface area contributed by atoms with Crippen LogP contribution in [0.1, 0.15) is 17.3 Å². The summed E-state index contributed by atoms with van der Waals surface area (Å²) in [6, 6.07) is 28.7. The van der Waals surface area contributed by atoms with E-state index in [1.807, 2.05) is 91.0 Å². The van der Waals surface area contributed by atoms with Crippen LogP contribution >= 0.6 is 23.6 Å². The minimum atomic E-state index is -0.389. The predicted octanol–water partition coefficient (Wildman–Crippen LogP) is 7.82. The van der Waals surface area contributed by atoms with Crippen LogP contribution in [0.4, 0.5) is 22.1 Å². The molecule has 0 bridgehead atoms. The highest BCUT2D eigenvalue weighted by Gasteiger charge is 2.19. The normalized spacial score (nSPS) is 10.7. The summed E-state index contributed by atoms with van der Waals surface area (Å²) in [5.74, 6) is -0.389. The van der Waals surface area contributed by atoms with Crippen molar-refractivity contribution in [2.24, 2.45) is 10.2 Å². The molecular formula is C26H22N4O2S2. The summed E-state index contributed by atoms with van der Waals surface area (Å²) < 4.78 is 5.23. The van der Waals surface area contributed by atoms with E-state index in [1.165, 1.54) is 11.3 Å². The molecule has 3 aromatic carbocycles. The van der Waals surface area contributed by atoms with Gasteiger partial charge in [-0.2, -0.15) is 10.2 Å². The van der Waals surface area contributed by atoms with Gasteiger partial charge in [0.05, 0.1) is 23.5 Å². The minimum absolute atomic E-state index is 0.297. The second-order valence-corrected chi connectivity index (χ2v) is 8.56. The van der Waals surface area contributed by atoms with Crippen LogP contribution in [0.25, 0.3) is 10.4 Å². The van der Waals surface area contributed by atoms with Gasteiger partial charge in [-0.05, 0) is 67.2 Å². The molecule has 6 nitrogen and oxygen atoms in total. The van der Waals surface area contributed by atoms with Gasteiger partial charge in [0.2, 0.25) is 0 Å². The van der Waals surface area contributed by atoms with Crippen molar-refractivity contribution in [1.29, 1.82) is 0 Å². The van der Waals surface area contributed by atoms with Crippen molar-refractivity contribution in [2.45, 2.75) is 6.92 Å². The van der Waals surface area contributed by atoms with E-state index in [0.717, 1.165) is 27.5 Å². The van der Waals surface area contributed by atoms with Crippen LogP contribution in [0.3, 0.4) is 0 Å². The first-order valence-corrected chi connectivity index (χ1v) is 11.9. The number of nitrogens with one attached hydrogen (secondary N) is 2. The second-order valence-electron chi connectivity index (χ2n) is 7.10. The average molecular weight is 487 g/mol. The Morgan fingerprint density at radius 3 is 2.15 bits per heavy atom. The Morgan fingerprint density at radius 2 is 1.50 bits per heavy atom. The SMILES string of the molecule is CCOC(=O)c1cc(-c2ccccc2)sc1NC(=S)Nc1ccc(N=Nc2ccccc2)cc1. The zero-order valence-corrected chi connectivity index (χ0v) is 20.0. The maximum atomic E-state index is 12.5. The Morgan fingerprint density at radius 1 is 0.882 bits per heavy atom. The molecule has 0 aliphatic rings. The highest BCUT2D eigenvalue weighted by molar-refractivity contribution is 7.80. The zero-order chi connectivity index (χ0) is 23.8. The van der Waals surface area contributed by atoms with E-state index in [4.69, 9.17) is 17.0 Å². The molecule has 1 aromatic heterocycles. The molecule has 4 rings (SSSR count). The first-order chi connectivity index (χ1) is 16.6. The van der Waals surface area contributed by atoms with Crippen LogP contribution < -0.4 is 10.6 Å². The van der Waals surface area contributed by atoms with Gasteiger partial charge in [-0.3, -0.25) is 0 Å². The summed E-state index contributed by atoms with van der Waals surface area (Å²) in [5.41, 5.74) is 3.77. The van der Waals surface area contributed by atoms with Crippen molar-refractivity contribution in [2.75, 3.05) is 17.2 Å². The van der Waals surface area contributed by atoms with Crippen molar-refractivity contribution < 1.29 is 9.53 Å². The fourth-order valence-electron chi connectivity index (χ4n) is 3.08. The Hall–Kier alpha value is -3.88. The van der Waals surface area contributed by atoms with Crippen LogP contribution in [0.5, 0.6) is 0 Å². The first kappa shape index (κ1) is 23.3. The van der Waals surface area contributed by atoms with Gasteiger partial charge < -0.3 is 15.4 Å². The fraction of sp³-hybridized carbons (Fsp3) is 0.0769. The number of benzene rings is 3. The van der Waals surface area contributed by atoms with Crippen molar-refractivity contribution in [1.82, 2.24) is 0 Å². The number of nitrogens with zero attached hydrogens (tertiary/aromatic N) is 2. The number of carbonyl (C=O) groups is 1. The van der Waals surface area contributed by atoms with E-state index in [9.17, 15) is 4.79 Å². The Bertz CT molecular complexity index is 1290. The van der Waals surface area contributed by atoms with Gasteiger partial charge in [0.1, 0.15) is 5.00 Å². The standard InChI is InChI=1S/C26H22N4O2S2/c1-2-32-25(31)22-17-23(18-9-5-3-6-10-18)34-24(22)28-26(33)27-19-13-15-21(16-14-19)30-29-20-11-7-4-8-12-20/h3-17H,2H2,1H3,(H2,27,28,33). The van der Waals surface area contributed by atoms with Gasteiger partial charge in [0.25, 0.3) is 0 Å². The lowest BCUT2D eigenvalue weighted by molar-refractivity contribution is 0.0528. The first-order valence-electron chi connectivity index (χ1n) is 10.6. The third kappa shape index (κ3) is 6.12. The molecule has 170 valence electrons. The van der Waals surface area contributed by atoms with Crippen molar-refractivity contribution >= 4 is 56.7 Å². The fourth-order valence-corrected chi connectivity index (χ4v) is 4.42. The number of thiophene rings is 1. The Kier molecular flexibility index (Phi) is 7.75. The van der Waals surface area contributed by atoms with Crippen LogP contribution in [-0.4, -0.2) is 17.7 Å². The lowest BCUT2D eigenvalue weighted by atomic mass is 10.1. The van der Waals surface area contributed by atoms with E-state index in [-0.39, 0.29) is 5.97 Å². The maximum absolute atomic E-state index is 12.5. The molecule has 0 fully saturated rings. The van der Waals surface area contributed by atoms with Gasteiger partial charge in [-0.15, -0.1) is 11.3 Å². The number of hydrogen-bond acceptors (Lipinski definition) is 6. The van der Waals surface area contributed by atoms with E-state index in [0.29, 0.717) is 22.3 Å². The molecular weight excluding hydrogens is 464 g/mol. The average Bonchev–Trinajstić information content (AvgIpc) is 3.29. The van der Waals surface area contributed by atoms with E-state index >= 15 is 0 Å².